The molecule has 4 heteroatoms. The summed E-state index contributed by atoms with van der Waals surface area (Å²) in [5.41, 5.74) is 0. The molecule has 0 bridgehead atoms. The van der Waals surface area contributed by atoms with Crippen molar-refractivity contribution in [3.8, 4) is 0 Å². The van der Waals surface area contributed by atoms with Crippen LogP contribution in [0, 0.1) is 11.8 Å². The summed E-state index contributed by atoms with van der Waals surface area (Å²) in [6, 6.07) is 0.280. The molecule has 2 rings (SSSR count). The van der Waals surface area contributed by atoms with Crippen LogP contribution in [0.2, 0.25) is 0 Å². The molecule has 0 spiro atoms. The standard InChI is InChI=1S/C15H26N2O2/c1-10(2)8-11-4-3-5-12(9-11)16-13-6-7-14(18)17-15(13)19/h10-13,16H,3-9H2,1-2H3,(H,17,18,19). The van der Waals surface area contributed by atoms with Gasteiger partial charge in [0, 0.05) is 12.5 Å². The smallest absolute Gasteiger partial charge is 0.243 e. The lowest BCUT2D eigenvalue weighted by atomic mass is 9.80. The number of piperidine rings is 1. The predicted octanol–water partition coefficient (Wildman–Crippen LogP) is 1.99. The number of carbonyl (C=O) groups excluding carboxylic acids is 2. The van der Waals surface area contributed by atoms with Crippen molar-refractivity contribution in [3.63, 3.8) is 0 Å². The second-order valence-corrected chi connectivity index (χ2v) is 6.53. The highest BCUT2D eigenvalue weighted by atomic mass is 16.2. The van der Waals surface area contributed by atoms with Crippen molar-refractivity contribution in [3.05, 3.63) is 0 Å². The van der Waals surface area contributed by atoms with Gasteiger partial charge in [0.15, 0.2) is 0 Å². The summed E-state index contributed by atoms with van der Waals surface area (Å²) in [4.78, 5) is 22.9. The molecule has 3 atom stereocenters. The van der Waals surface area contributed by atoms with Crippen LogP contribution >= 0.6 is 0 Å². The summed E-state index contributed by atoms with van der Waals surface area (Å²) in [7, 11) is 0. The van der Waals surface area contributed by atoms with Gasteiger partial charge in [0.05, 0.1) is 6.04 Å². The molecule has 0 aromatic carbocycles. The van der Waals surface area contributed by atoms with E-state index < -0.39 is 0 Å². The maximum atomic E-state index is 11.7. The van der Waals surface area contributed by atoms with E-state index >= 15 is 0 Å². The Hall–Kier alpha value is -0.900. The summed E-state index contributed by atoms with van der Waals surface area (Å²) < 4.78 is 0. The van der Waals surface area contributed by atoms with Crippen molar-refractivity contribution in [2.24, 2.45) is 11.8 Å². The van der Waals surface area contributed by atoms with Crippen molar-refractivity contribution >= 4 is 11.8 Å². The summed E-state index contributed by atoms with van der Waals surface area (Å²) >= 11 is 0. The first-order valence-corrected chi connectivity index (χ1v) is 7.64. The quantitative estimate of drug-likeness (QED) is 0.765. The Morgan fingerprint density at radius 2 is 2.05 bits per heavy atom. The van der Waals surface area contributed by atoms with Gasteiger partial charge < -0.3 is 5.32 Å². The average molecular weight is 266 g/mol. The Morgan fingerprint density at radius 1 is 1.26 bits per heavy atom. The summed E-state index contributed by atoms with van der Waals surface area (Å²) in [5, 5.41) is 5.89. The third-order valence-electron chi connectivity index (χ3n) is 4.26. The fourth-order valence-electron chi connectivity index (χ4n) is 3.46. The molecule has 2 N–H and O–H groups in total. The Balaban J connectivity index is 1.81. The van der Waals surface area contributed by atoms with Crippen LogP contribution in [0.15, 0.2) is 0 Å². The summed E-state index contributed by atoms with van der Waals surface area (Å²) in [6.07, 6.45) is 7.31. The molecule has 1 saturated heterocycles. The van der Waals surface area contributed by atoms with Crippen molar-refractivity contribution in [1.82, 2.24) is 10.6 Å². The van der Waals surface area contributed by atoms with Gasteiger partial charge >= 0.3 is 0 Å². The van der Waals surface area contributed by atoms with Crippen LogP contribution in [0.4, 0.5) is 0 Å². The highest BCUT2D eigenvalue weighted by molar-refractivity contribution is 6.00. The van der Waals surface area contributed by atoms with E-state index in [-0.39, 0.29) is 17.9 Å². The monoisotopic (exact) mass is 266 g/mol. The predicted molar refractivity (Wildman–Crippen MR) is 74.5 cm³/mol. The van der Waals surface area contributed by atoms with E-state index in [0.717, 1.165) is 18.3 Å². The molecular weight excluding hydrogens is 240 g/mol. The van der Waals surface area contributed by atoms with Crippen LogP contribution in [0.25, 0.3) is 0 Å². The molecule has 2 fully saturated rings. The first-order valence-electron chi connectivity index (χ1n) is 7.64. The van der Waals surface area contributed by atoms with Gasteiger partial charge in [-0.3, -0.25) is 14.9 Å². The molecule has 2 amide bonds. The van der Waals surface area contributed by atoms with Crippen LogP contribution in [0.5, 0.6) is 0 Å². The molecule has 1 saturated carbocycles. The molecule has 0 aromatic rings. The van der Waals surface area contributed by atoms with Crippen molar-refractivity contribution in [1.29, 1.82) is 0 Å². The largest absolute Gasteiger partial charge is 0.303 e. The van der Waals surface area contributed by atoms with Crippen molar-refractivity contribution < 1.29 is 9.59 Å². The van der Waals surface area contributed by atoms with E-state index in [1.54, 1.807) is 0 Å². The molecule has 108 valence electrons. The van der Waals surface area contributed by atoms with Crippen LogP contribution in [0.1, 0.15) is 58.8 Å². The van der Waals surface area contributed by atoms with Gasteiger partial charge in [-0.2, -0.15) is 0 Å². The number of amides is 2. The lowest BCUT2D eigenvalue weighted by Crippen LogP contribution is -2.54. The van der Waals surface area contributed by atoms with Crippen LogP contribution < -0.4 is 10.6 Å². The Bertz CT molecular complexity index is 341. The van der Waals surface area contributed by atoms with Gasteiger partial charge in [0.25, 0.3) is 0 Å². The second-order valence-electron chi connectivity index (χ2n) is 6.53. The number of nitrogens with one attached hydrogen (secondary N) is 2. The van der Waals surface area contributed by atoms with Gasteiger partial charge in [-0.15, -0.1) is 0 Å². The summed E-state index contributed by atoms with van der Waals surface area (Å²) in [6.45, 7) is 4.55. The lowest BCUT2D eigenvalue weighted by molar-refractivity contribution is -0.135. The molecule has 3 unspecified atom stereocenters. The fraction of sp³-hybridized carbons (Fsp3) is 0.867. The number of rotatable bonds is 4. The zero-order valence-electron chi connectivity index (χ0n) is 12.1. The minimum atomic E-state index is -0.166. The van der Waals surface area contributed by atoms with Crippen LogP contribution in [-0.2, 0) is 9.59 Å². The molecular formula is C15H26N2O2. The third kappa shape index (κ3) is 4.30. The number of hydrogen-bond donors (Lipinski definition) is 2. The highest BCUT2D eigenvalue weighted by Crippen LogP contribution is 2.29. The number of hydrogen-bond acceptors (Lipinski definition) is 3. The topological polar surface area (TPSA) is 58.2 Å². The van der Waals surface area contributed by atoms with Crippen LogP contribution in [0.3, 0.4) is 0 Å². The van der Waals surface area contributed by atoms with Crippen molar-refractivity contribution in [2.75, 3.05) is 0 Å². The normalized spacial score (nSPS) is 32.5. The maximum absolute atomic E-state index is 11.7. The fourth-order valence-corrected chi connectivity index (χ4v) is 3.46. The first-order chi connectivity index (χ1) is 9.04. The molecule has 4 nitrogen and oxygen atoms in total. The molecule has 2 aliphatic rings. The number of carbonyl (C=O) groups is 2. The van der Waals surface area contributed by atoms with Gasteiger partial charge in [-0.05, 0) is 37.5 Å². The van der Waals surface area contributed by atoms with E-state index in [1.807, 2.05) is 0 Å². The lowest BCUT2D eigenvalue weighted by Gasteiger charge is -2.34. The van der Waals surface area contributed by atoms with E-state index in [9.17, 15) is 9.59 Å². The minimum absolute atomic E-state index is 0.135. The van der Waals surface area contributed by atoms with Crippen LogP contribution in [-0.4, -0.2) is 23.9 Å². The molecule has 1 aliphatic heterocycles. The molecule has 19 heavy (non-hydrogen) atoms. The molecule has 0 aromatic heterocycles. The average Bonchev–Trinajstić information content (AvgIpc) is 2.32. The van der Waals surface area contributed by atoms with E-state index in [0.29, 0.717) is 18.9 Å². The van der Waals surface area contributed by atoms with E-state index in [2.05, 4.69) is 24.5 Å². The maximum Gasteiger partial charge on any atom is 0.243 e. The first kappa shape index (κ1) is 14.5. The van der Waals surface area contributed by atoms with E-state index in [1.165, 1.54) is 25.7 Å². The van der Waals surface area contributed by atoms with Gasteiger partial charge in [-0.1, -0.05) is 26.7 Å². The van der Waals surface area contributed by atoms with E-state index in [4.69, 9.17) is 0 Å². The van der Waals surface area contributed by atoms with Gasteiger partial charge in [0.2, 0.25) is 11.8 Å². The molecule has 0 radical (unpaired) electrons. The molecule has 1 aliphatic carbocycles. The highest BCUT2D eigenvalue weighted by Gasteiger charge is 2.30. The third-order valence-corrected chi connectivity index (χ3v) is 4.26. The SMILES string of the molecule is CC(C)CC1CCCC(NC2CCC(=O)NC2=O)C1. The summed E-state index contributed by atoms with van der Waals surface area (Å²) in [5.74, 6) is 1.27. The Morgan fingerprint density at radius 3 is 2.74 bits per heavy atom. The number of imide groups is 1. The zero-order chi connectivity index (χ0) is 13.8. The zero-order valence-corrected chi connectivity index (χ0v) is 12.1. The van der Waals surface area contributed by atoms with Gasteiger partial charge in [0.1, 0.15) is 0 Å². The Labute approximate surface area is 115 Å². The van der Waals surface area contributed by atoms with Crippen molar-refractivity contribution in [2.45, 2.75) is 70.9 Å². The molecule has 1 heterocycles. The van der Waals surface area contributed by atoms with Gasteiger partial charge in [-0.25, -0.2) is 0 Å². The Kier molecular flexibility index (Phi) is 4.97. The second kappa shape index (κ2) is 6.51. The minimum Gasteiger partial charge on any atom is -0.303 e.